The molecule has 0 spiro atoms. The standard InChI is InChI=1S/C13H16N4O/c1-14-7-9-8-17-12-5-4-10(18-3)6-11(12)15-13(17)16(9)2/h4-6,8,14H,7H2,1-3H3. The fraction of sp³-hybridized carbons (Fsp3) is 0.308. The van der Waals surface area contributed by atoms with Crippen molar-refractivity contribution >= 4 is 16.8 Å². The van der Waals surface area contributed by atoms with Crippen molar-refractivity contribution in [2.24, 2.45) is 7.05 Å². The molecule has 2 aromatic heterocycles. The molecule has 0 aliphatic carbocycles. The summed E-state index contributed by atoms with van der Waals surface area (Å²) >= 11 is 0. The summed E-state index contributed by atoms with van der Waals surface area (Å²) in [5.41, 5.74) is 3.26. The van der Waals surface area contributed by atoms with Crippen molar-refractivity contribution < 1.29 is 4.74 Å². The molecule has 18 heavy (non-hydrogen) atoms. The number of aryl methyl sites for hydroxylation is 1. The van der Waals surface area contributed by atoms with E-state index in [1.807, 2.05) is 32.3 Å². The van der Waals surface area contributed by atoms with E-state index in [9.17, 15) is 0 Å². The highest BCUT2D eigenvalue weighted by molar-refractivity contribution is 5.81. The van der Waals surface area contributed by atoms with Gasteiger partial charge in [-0.2, -0.15) is 0 Å². The smallest absolute Gasteiger partial charge is 0.214 e. The molecule has 5 heteroatoms. The molecule has 0 unspecified atom stereocenters. The first kappa shape index (κ1) is 11.1. The van der Waals surface area contributed by atoms with Gasteiger partial charge in [0.15, 0.2) is 0 Å². The molecule has 2 heterocycles. The minimum Gasteiger partial charge on any atom is -0.497 e. The van der Waals surface area contributed by atoms with Gasteiger partial charge in [-0.15, -0.1) is 0 Å². The fourth-order valence-electron chi connectivity index (χ4n) is 2.27. The summed E-state index contributed by atoms with van der Waals surface area (Å²) in [6, 6.07) is 5.96. The summed E-state index contributed by atoms with van der Waals surface area (Å²) in [5.74, 6) is 1.78. The molecular weight excluding hydrogens is 228 g/mol. The van der Waals surface area contributed by atoms with Gasteiger partial charge in [0.2, 0.25) is 5.78 Å². The van der Waals surface area contributed by atoms with Crippen molar-refractivity contribution in [3.05, 3.63) is 30.1 Å². The summed E-state index contributed by atoms with van der Waals surface area (Å²) in [5, 5.41) is 3.16. The Morgan fingerprint density at radius 2 is 2.22 bits per heavy atom. The average Bonchev–Trinajstić information content (AvgIpc) is 2.88. The third-order valence-electron chi connectivity index (χ3n) is 3.24. The van der Waals surface area contributed by atoms with Gasteiger partial charge in [0, 0.05) is 25.9 Å². The van der Waals surface area contributed by atoms with Crippen molar-refractivity contribution in [2.75, 3.05) is 14.2 Å². The van der Waals surface area contributed by atoms with Crippen LogP contribution in [0.1, 0.15) is 5.69 Å². The predicted octanol–water partition coefficient (Wildman–Crippen LogP) is 1.55. The monoisotopic (exact) mass is 244 g/mol. The Kier molecular flexibility index (Phi) is 2.48. The van der Waals surface area contributed by atoms with Crippen LogP contribution < -0.4 is 10.1 Å². The van der Waals surface area contributed by atoms with Crippen molar-refractivity contribution in [1.82, 2.24) is 19.3 Å². The Morgan fingerprint density at radius 1 is 1.39 bits per heavy atom. The third kappa shape index (κ3) is 1.48. The van der Waals surface area contributed by atoms with Crippen molar-refractivity contribution in [3.63, 3.8) is 0 Å². The van der Waals surface area contributed by atoms with Gasteiger partial charge in [0.1, 0.15) is 5.75 Å². The van der Waals surface area contributed by atoms with Gasteiger partial charge < -0.3 is 14.6 Å². The molecule has 0 fully saturated rings. The lowest BCUT2D eigenvalue weighted by atomic mass is 10.3. The molecule has 3 rings (SSSR count). The molecule has 5 nitrogen and oxygen atoms in total. The normalized spacial score (nSPS) is 11.5. The molecule has 0 amide bonds. The Labute approximate surface area is 105 Å². The molecule has 0 aliphatic heterocycles. The number of rotatable bonds is 3. The molecule has 0 bridgehead atoms. The number of methoxy groups -OCH3 is 1. The van der Waals surface area contributed by atoms with E-state index in [1.165, 1.54) is 5.69 Å². The van der Waals surface area contributed by atoms with Gasteiger partial charge in [-0.25, -0.2) is 4.98 Å². The second kappa shape index (κ2) is 4.03. The van der Waals surface area contributed by atoms with Crippen LogP contribution in [0.5, 0.6) is 5.75 Å². The Bertz CT molecular complexity index is 710. The van der Waals surface area contributed by atoms with Gasteiger partial charge in [-0.3, -0.25) is 4.40 Å². The summed E-state index contributed by atoms with van der Waals surface area (Å²) < 4.78 is 9.43. The van der Waals surface area contributed by atoms with E-state index < -0.39 is 0 Å². The van der Waals surface area contributed by atoms with Gasteiger partial charge in [-0.1, -0.05) is 0 Å². The molecule has 1 aromatic carbocycles. The average molecular weight is 244 g/mol. The number of ether oxygens (including phenoxy) is 1. The quantitative estimate of drug-likeness (QED) is 0.760. The van der Waals surface area contributed by atoms with Crippen LogP contribution in [0.2, 0.25) is 0 Å². The number of fused-ring (bicyclic) bond motifs is 3. The molecule has 0 radical (unpaired) electrons. The lowest BCUT2D eigenvalue weighted by Gasteiger charge is -2.00. The van der Waals surface area contributed by atoms with E-state index >= 15 is 0 Å². The van der Waals surface area contributed by atoms with E-state index in [-0.39, 0.29) is 0 Å². The number of nitrogens with one attached hydrogen (secondary N) is 1. The molecule has 1 N–H and O–H groups in total. The van der Waals surface area contributed by atoms with E-state index in [0.717, 1.165) is 29.1 Å². The largest absolute Gasteiger partial charge is 0.497 e. The Balaban J connectivity index is 2.26. The van der Waals surface area contributed by atoms with E-state index in [2.05, 4.69) is 25.5 Å². The zero-order valence-corrected chi connectivity index (χ0v) is 10.8. The summed E-state index contributed by atoms with van der Waals surface area (Å²) in [6.07, 6.45) is 2.12. The second-order valence-electron chi connectivity index (χ2n) is 4.35. The van der Waals surface area contributed by atoms with Crippen LogP contribution in [0.15, 0.2) is 24.4 Å². The van der Waals surface area contributed by atoms with Crippen LogP contribution in [-0.4, -0.2) is 28.1 Å². The van der Waals surface area contributed by atoms with Gasteiger partial charge in [-0.05, 0) is 19.2 Å². The third-order valence-corrected chi connectivity index (χ3v) is 3.24. The highest BCUT2D eigenvalue weighted by Gasteiger charge is 2.11. The summed E-state index contributed by atoms with van der Waals surface area (Å²) in [7, 11) is 5.64. The first-order chi connectivity index (χ1) is 8.74. The number of imidazole rings is 2. The number of nitrogens with zero attached hydrogens (tertiary/aromatic N) is 3. The highest BCUT2D eigenvalue weighted by atomic mass is 16.5. The maximum Gasteiger partial charge on any atom is 0.214 e. The van der Waals surface area contributed by atoms with Crippen molar-refractivity contribution in [2.45, 2.75) is 6.54 Å². The highest BCUT2D eigenvalue weighted by Crippen LogP contribution is 2.23. The number of hydrogen-bond donors (Lipinski definition) is 1. The molecule has 0 saturated carbocycles. The van der Waals surface area contributed by atoms with Crippen LogP contribution in [0, 0.1) is 0 Å². The maximum absolute atomic E-state index is 5.22. The maximum atomic E-state index is 5.22. The molecule has 0 saturated heterocycles. The predicted molar refractivity (Wildman–Crippen MR) is 71.0 cm³/mol. The Morgan fingerprint density at radius 3 is 2.94 bits per heavy atom. The topological polar surface area (TPSA) is 43.5 Å². The van der Waals surface area contributed by atoms with Crippen molar-refractivity contribution in [3.8, 4) is 5.75 Å². The van der Waals surface area contributed by atoms with Gasteiger partial charge in [0.25, 0.3) is 0 Å². The minimum absolute atomic E-state index is 0.831. The minimum atomic E-state index is 0.831. The lowest BCUT2D eigenvalue weighted by molar-refractivity contribution is 0.415. The van der Waals surface area contributed by atoms with Crippen LogP contribution in [0.4, 0.5) is 0 Å². The molecule has 0 aliphatic rings. The first-order valence-electron chi connectivity index (χ1n) is 5.89. The summed E-state index contributed by atoms with van der Waals surface area (Å²) in [6.45, 7) is 0.831. The molecular formula is C13H16N4O. The Hall–Kier alpha value is -2.01. The second-order valence-corrected chi connectivity index (χ2v) is 4.35. The van der Waals surface area contributed by atoms with E-state index in [0.29, 0.717) is 0 Å². The van der Waals surface area contributed by atoms with Crippen LogP contribution in [-0.2, 0) is 13.6 Å². The zero-order valence-electron chi connectivity index (χ0n) is 10.8. The first-order valence-corrected chi connectivity index (χ1v) is 5.89. The van der Waals surface area contributed by atoms with E-state index in [4.69, 9.17) is 4.74 Å². The number of benzene rings is 1. The molecule has 3 aromatic rings. The van der Waals surface area contributed by atoms with Gasteiger partial charge >= 0.3 is 0 Å². The number of hydrogen-bond acceptors (Lipinski definition) is 3. The molecule has 94 valence electrons. The van der Waals surface area contributed by atoms with E-state index in [1.54, 1.807) is 7.11 Å². The fourth-order valence-corrected chi connectivity index (χ4v) is 2.27. The van der Waals surface area contributed by atoms with Crippen LogP contribution >= 0.6 is 0 Å². The molecule has 0 atom stereocenters. The SMILES string of the molecule is CNCc1cn2c3ccc(OC)cc3nc2n1C. The number of aromatic nitrogens is 3. The lowest BCUT2D eigenvalue weighted by Crippen LogP contribution is -2.08. The zero-order chi connectivity index (χ0) is 12.7. The van der Waals surface area contributed by atoms with Gasteiger partial charge in [0.05, 0.1) is 23.8 Å². The summed E-state index contributed by atoms with van der Waals surface area (Å²) in [4.78, 5) is 4.64. The van der Waals surface area contributed by atoms with Crippen LogP contribution in [0.25, 0.3) is 16.8 Å². The van der Waals surface area contributed by atoms with Crippen LogP contribution in [0.3, 0.4) is 0 Å². The van der Waals surface area contributed by atoms with Crippen molar-refractivity contribution in [1.29, 1.82) is 0 Å².